The lowest BCUT2D eigenvalue weighted by Gasteiger charge is -2.00. The Balaban J connectivity index is 1.91. The van der Waals surface area contributed by atoms with Crippen LogP contribution in [0.3, 0.4) is 0 Å². The van der Waals surface area contributed by atoms with E-state index >= 15 is 0 Å². The Bertz CT molecular complexity index is 962. The van der Waals surface area contributed by atoms with Crippen LogP contribution in [0.4, 0.5) is 0 Å². The Morgan fingerprint density at radius 2 is 1.88 bits per heavy atom. The van der Waals surface area contributed by atoms with Crippen molar-refractivity contribution in [1.82, 2.24) is 4.98 Å². The molecule has 0 unspecified atom stereocenters. The fourth-order valence-corrected chi connectivity index (χ4v) is 2.41. The minimum Gasteiger partial charge on any atom is -0.505 e. The van der Waals surface area contributed by atoms with E-state index in [-0.39, 0.29) is 17.2 Å². The molecule has 1 aromatic heterocycles. The average molecular weight is 316 g/mol. The van der Waals surface area contributed by atoms with Gasteiger partial charge in [-0.15, -0.1) is 0 Å². The molecule has 3 aromatic rings. The van der Waals surface area contributed by atoms with Gasteiger partial charge in [-0.2, -0.15) is 5.26 Å². The van der Waals surface area contributed by atoms with E-state index in [2.05, 4.69) is 9.98 Å². The standard InChI is InChI=1S/C19H16N4O/c20-11-14(19(21)22-12-13-6-2-1-3-7-13)10-17-18(24)15-8-4-5-9-16(15)23-17/h1-10,23-24H,12H2,(H2,21,22)/b14-10-. The van der Waals surface area contributed by atoms with Crippen LogP contribution in [0, 0.1) is 11.3 Å². The van der Waals surface area contributed by atoms with E-state index in [1.165, 1.54) is 6.08 Å². The Labute approximate surface area is 139 Å². The fourth-order valence-electron chi connectivity index (χ4n) is 2.41. The maximum absolute atomic E-state index is 10.3. The Morgan fingerprint density at radius 3 is 2.58 bits per heavy atom. The van der Waals surface area contributed by atoms with Crippen molar-refractivity contribution < 1.29 is 5.11 Å². The van der Waals surface area contributed by atoms with Gasteiger partial charge in [0.1, 0.15) is 17.7 Å². The topological polar surface area (TPSA) is 98.2 Å². The van der Waals surface area contributed by atoms with Crippen molar-refractivity contribution in [2.24, 2.45) is 10.7 Å². The predicted molar refractivity (Wildman–Crippen MR) is 95.3 cm³/mol. The first kappa shape index (κ1) is 15.4. The summed E-state index contributed by atoms with van der Waals surface area (Å²) < 4.78 is 0. The third kappa shape index (κ3) is 3.13. The van der Waals surface area contributed by atoms with Gasteiger partial charge in [-0.3, -0.25) is 4.99 Å². The van der Waals surface area contributed by atoms with Crippen LogP contribution in [0.1, 0.15) is 11.3 Å². The van der Waals surface area contributed by atoms with Crippen LogP contribution in [0.15, 0.2) is 65.2 Å². The Kier molecular flexibility index (Phi) is 4.30. The first-order valence-electron chi connectivity index (χ1n) is 7.44. The van der Waals surface area contributed by atoms with Crippen LogP contribution in [0.25, 0.3) is 17.0 Å². The van der Waals surface area contributed by atoms with Gasteiger partial charge in [0.2, 0.25) is 0 Å². The van der Waals surface area contributed by atoms with Gasteiger partial charge in [0.05, 0.1) is 17.8 Å². The van der Waals surface area contributed by atoms with E-state index in [0.29, 0.717) is 17.6 Å². The molecule has 1 heterocycles. The summed E-state index contributed by atoms with van der Waals surface area (Å²) in [4.78, 5) is 7.32. The number of nitrogens with two attached hydrogens (primary N) is 1. The molecule has 0 aliphatic heterocycles. The second-order valence-electron chi connectivity index (χ2n) is 5.29. The third-order valence-electron chi connectivity index (χ3n) is 3.67. The number of H-pyrrole nitrogens is 1. The van der Waals surface area contributed by atoms with Crippen molar-refractivity contribution in [2.75, 3.05) is 0 Å². The number of aliphatic imine (C=N–C) groups is 1. The number of aromatic hydroxyl groups is 1. The summed E-state index contributed by atoms with van der Waals surface area (Å²) in [6.07, 6.45) is 1.51. The summed E-state index contributed by atoms with van der Waals surface area (Å²) >= 11 is 0. The highest BCUT2D eigenvalue weighted by molar-refractivity contribution is 6.05. The zero-order chi connectivity index (χ0) is 16.9. The quantitative estimate of drug-likeness (QED) is 0.391. The largest absolute Gasteiger partial charge is 0.505 e. The molecule has 3 rings (SSSR count). The van der Waals surface area contributed by atoms with Gasteiger partial charge in [0.25, 0.3) is 0 Å². The van der Waals surface area contributed by atoms with E-state index in [9.17, 15) is 10.4 Å². The molecule has 0 atom stereocenters. The first-order valence-corrected chi connectivity index (χ1v) is 7.44. The number of hydrogen-bond donors (Lipinski definition) is 3. The van der Waals surface area contributed by atoms with Crippen molar-refractivity contribution >= 4 is 22.8 Å². The molecule has 0 saturated carbocycles. The molecule has 0 aliphatic rings. The molecular formula is C19H16N4O. The number of amidine groups is 1. The third-order valence-corrected chi connectivity index (χ3v) is 3.67. The molecular weight excluding hydrogens is 300 g/mol. The van der Waals surface area contributed by atoms with Crippen LogP contribution in [-0.4, -0.2) is 15.9 Å². The molecule has 0 bridgehead atoms. The fraction of sp³-hybridized carbons (Fsp3) is 0.0526. The lowest BCUT2D eigenvalue weighted by atomic mass is 10.2. The smallest absolute Gasteiger partial charge is 0.148 e. The first-order chi connectivity index (χ1) is 11.7. The second-order valence-corrected chi connectivity index (χ2v) is 5.29. The highest BCUT2D eigenvalue weighted by Gasteiger charge is 2.10. The molecule has 0 radical (unpaired) electrons. The summed E-state index contributed by atoms with van der Waals surface area (Å²) in [5, 5.41) is 20.3. The van der Waals surface area contributed by atoms with Crippen molar-refractivity contribution in [2.45, 2.75) is 6.54 Å². The zero-order valence-electron chi connectivity index (χ0n) is 12.9. The average Bonchev–Trinajstić information content (AvgIpc) is 2.94. The van der Waals surface area contributed by atoms with E-state index < -0.39 is 0 Å². The number of para-hydroxylation sites is 1. The molecule has 0 fully saturated rings. The van der Waals surface area contributed by atoms with Gasteiger partial charge in [-0.25, -0.2) is 0 Å². The maximum atomic E-state index is 10.3. The minimum atomic E-state index is 0.0919. The molecule has 24 heavy (non-hydrogen) atoms. The van der Waals surface area contributed by atoms with Crippen molar-refractivity contribution in [3.63, 3.8) is 0 Å². The number of benzene rings is 2. The number of aromatic nitrogens is 1. The monoisotopic (exact) mass is 316 g/mol. The SMILES string of the molecule is N#C/C(=C/c1[nH]c2ccccc2c1O)C(N)=NCc1ccccc1. The number of nitrogens with one attached hydrogen (secondary N) is 1. The van der Waals surface area contributed by atoms with Gasteiger partial charge >= 0.3 is 0 Å². The van der Waals surface area contributed by atoms with E-state index in [1.54, 1.807) is 6.07 Å². The molecule has 0 aliphatic carbocycles. The maximum Gasteiger partial charge on any atom is 0.148 e. The summed E-state index contributed by atoms with van der Waals surface area (Å²) in [5.74, 6) is 0.230. The van der Waals surface area contributed by atoms with E-state index in [1.807, 2.05) is 54.6 Å². The van der Waals surface area contributed by atoms with Crippen LogP contribution < -0.4 is 5.73 Å². The Hall–Kier alpha value is -3.52. The number of hydrogen-bond acceptors (Lipinski definition) is 3. The predicted octanol–water partition coefficient (Wildman–Crippen LogP) is 3.34. The molecule has 4 N–H and O–H groups in total. The number of fused-ring (bicyclic) bond motifs is 1. The molecule has 2 aromatic carbocycles. The van der Waals surface area contributed by atoms with E-state index in [4.69, 9.17) is 5.73 Å². The normalized spacial score (nSPS) is 12.3. The zero-order valence-corrected chi connectivity index (χ0v) is 12.9. The van der Waals surface area contributed by atoms with Gasteiger partial charge in [0, 0.05) is 10.9 Å². The highest BCUT2D eigenvalue weighted by Crippen LogP contribution is 2.29. The number of nitriles is 1. The summed E-state index contributed by atoms with van der Waals surface area (Å²) in [6.45, 7) is 0.393. The molecule has 0 saturated heterocycles. The van der Waals surface area contributed by atoms with Crippen LogP contribution in [-0.2, 0) is 6.54 Å². The van der Waals surface area contributed by atoms with Crippen LogP contribution in [0.2, 0.25) is 0 Å². The minimum absolute atomic E-state index is 0.0919. The second kappa shape index (κ2) is 6.71. The molecule has 0 amide bonds. The Morgan fingerprint density at radius 1 is 1.17 bits per heavy atom. The molecule has 5 heteroatoms. The summed E-state index contributed by atoms with van der Waals surface area (Å²) in [6, 6.07) is 19.0. The van der Waals surface area contributed by atoms with Gasteiger partial charge in [-0.05, 0) is 23.8 Å². The van der Waals surface area contributed by atoms with Crippen LogP contribution in [0.5, 0.6) is 5.75 Å². The van der Waals surface area contributed by atoms with Gasteiger partial charge in [-0.1, -0.05) is 42.5 Å². The summed E-state index contributed by atoms with van der Waals surface area (Å²) in [5.41, 5.74) is 8.37. The van der Waals surface area contributed by atoms with Crippen LogP contribution >= 0.6 is 0 Å². The number of aromatic amines is 1. The molecule has 0 spiro atoms. The highest BCUT2D eigenvalue weighted by atomic mass is 16.3. The van der Waals surface area contributed by atoms with Crippen molar-refractivity contribution in [3.05, 3.63) is 71.4 Å². The van der Waals surface area contributed by atoms with Gasteiger partial charge in [0.15, 0.2) is 0 Å². The van der Waals surface area contributed by atoms with E-state index in [0.717, 1.165) is 11.1 Å². The molecule has 5 nitrogen and oxygen atoms in total. The lowest BCUT2D eigenvalue weighted by molar-refractivity contribution is 0.480. The van der Waals surface area contributed by atoms with Gasteiger partial charge < -0.3 is 15.8 Å². The number of rotatable bonds is 4. The van der Waals surface area contributed by atoms with Crippen molar-refractivity contribution in [3.8, 4) is 11.8 Å². The number of nitrogens with zero attached hydrogens (tertiary/aromatic N) is 2. The summed E-state index contributed by atoms with van der Waals surface area (Å²) in [7, 11) is 0. The molecule has 118 valence electrons. The van der Waals surface area contributed by atoms with Crippen molar-refractivity contribution in [1.29, 1.82) is 5.26 Å². The lowest BCUT2D eigenvalue weighted by Crippen LogP contribution is -2.14.